The summed E-state index contributed by atoms with van der Waals surface area (Å²) >= 11 is 0. The largest absolute Gasteiger partial charge is 0.337 e. The second kappa shape index (κ2) is 5.64. The van der Waals surface area contributed by atoms with Gasteiger partial charge in [0.2, 0.25) is 0 Å². The lowest BCUT2D eigenvalue weighted by atomic mass is 10.1. The van der Waals surface area contributed by atoms with E-state index >= 15 is 0 Å². The Hall–Kier alpha value is -1.61. The van der Waals surface area contributed by atoms with Crippen molar-refractivity contribution >= 4 is 0 Å². The highest BCUT2D eigenvalue weighted by atomic mass is 15.1. The summed E-state index contributed by atoms with van der Waals surface area (Å²) in [6.45, 7) is 3.90. The molecule has 0 radical (unpaired) electrons. The molecular weight excluding hydrogens is 210 g/mol. The Labute approximate surface area is 103 Å². The Morgan fingerprint density at radius 1 is 1.18 bits per heavy atom. The van der Waals surface area contributed by atoms with E-state index in [4.69, 9.17) is 0 Å². The van der Waals surface area contributed by atoms with E-state index in [9.17, 15) is 0 Å². The van der Waals surface area contributed by atoms with Crippen LogP contribution in [0.1, 0.15) is 23.9 Å². The predicted octanol–water partition coefficient (Wildman–Crippen LogP) is 2.27. The Bertz CT molecular complexity index is 474. The maximum atomic E-state index is 4.29. The van der Waals surface area contributed by atoms with Crippen LogP contribution < -0.4 is 5.32 Å². The number of aryl methyl sites for hydroxylation is 2. The van der Waals surface area contributed by atoms with Crippen LogP contribution in [-0.4, -0.2) is 9.55 Å². The predicted molar refractivity (Wildman–Crippen MR) is 69.6 cm³/mol. The van der Waals surface area contributed by atoms with Crippen molar-refractivity contribution in [3.05, 3.63) is 53.6 Å². The van der Waals surface area contributed by atoms with Crippen LogP contribution in [0.2, 0.25) is 0 Å². The highest BCUT2D eigenvalue weighted by Crippen LogP contribution is 2.09. The Balaban J connectivity index is 1.92. The molecule has 2 aromatic rings. The average molecular weight is 229 g/mol. The van der Waals surface area contributed by atoms with Crippen molar-refractivity contribution in [3.63, 3.8) is 0 Å². The van der Waals surface area contributed by atoms with Crippen LogP contribution in [0.5, 0.6) is 0 Å². The maximum absolute atomic E-state index is 4.29. The minimum Gasteiger partial charge on any atom is -0.337 e. The minimum absolute atomic E-state index is 0.807. The smallest absolute Gasteiger partial charge is 0.122 e. The second-order valence-electron chi connectivity index (χ2n) is 4.18. The zero-order chi connectivity index (χ0) is 12.1. The summed E-state index contributed by atoms with van der Waals surface area (Å²) in [5, 5.41) is 3.44. The van der Waals surface area contributed by atoms with Gasteiger partial charge in [-0.15, -0.1) is 0 Å². The van der Waals surface area contributed by atoms with Crippen LogP contribution in [0, 0.1) is 0 Å². The first-order valence-corrected chi connectivity index (χ1v) is 6.05. The molecule has 0 saturated carbocycles. The standard InChI is InChI=1S/C14H19N3/c1-3-12-6-4-5-7-13(12)10-15-11-14-16-8-9-17(14)2/h4-9,15H,3,10-11H2,1-2H3. The van der Waals surface area contributed by atoms with E-state index in [1.165, 1.54) is 11.1 Å². The van der Waals surface area contributed by atoms with Crippen LogP contribution in [0.3, 0.4) is 0 Å². The van der Waals surface area contributed by atoms with Crippen LogP contribution in [-0.2, 0) is 26.6 Å². The molecule has 17 heavy (non-hydrogen) atoms. The fourth-order valence-electron chi connectivity index (χ4n) is 1.95. The average Bonchev–Trinajstić information content (AvgIpc) is 2.76. The van der Waals surface area contributed by atoms with E-state index in [1.807, 2.05) is 24.0 Å². The summed E-state index contributed by atoms with van der Waals surface area (Å²) in [7, 11) is 2.02. The number of benzene rings is 1. The van der Waals surface area contributed by atoms with E-state index in [1.54, 1.807) is 0 Å². The van der Waals surface area contributed by atoms with Gasteiger partial charge in [0.1, 0.15) is 5.82 Å². The lowest BCUT2D eigenvalue weighted by Crippen LogP contribution is -2.16. The second-order valence-corrected chi connectivity index (χ2v) is 4.18. The summed E-state index contributed by atoms with van der Waals surface area (Å²) in [6.07, 6.45) is 4.88. The van der Waals surface area contributed by atoms with Crippen molar-refractivity contribution in [2.75, 3.05) is 0 Å². The molecule has 0 atom stereocenters. The van der Waals surface area contributed by atoms with Gasteiger partial charge in [-0.1, -0.05) is 31.2 Å². The summed E-state index contributed by atoms with van der Waals surface area (Å²) in [5.41, 5.74) is 2.80. The van der Waals surface area contributed by atoms with Gasteiger partial charge >= 0.3 is 0 Å². The molecule has 1 heterocycles. The molecule has 2 rings (SSSR count). The third kappa shape index (κ3) is 2.94. The SMILES string of the molecule is CCc1ccccc1CNCc1nccn1C. The number of hydrogen-bond donors (Lipinski definition) is 1. The highest BCUT2D eigenvalue weighted by Gasteiger charge is 2.01. The lowest BCUT2D eigenvalue weighted by Gasteiger charge is -2.09. The molecule has 3 nitrogen and oxygen atoms in total. The molecule has 0 amide bonds. The van der Waals surface area contributed by atoms with E-state index in [2.05, 4.69) is 41.5 Å². The zero-order valence-corrected chi connectivity index (χ0v) is 10.5. The van der Waals surface area contributed by atoms with Gasteiger partial charge in [0.25, 0.3) is 0 Å². The van der Waals surface area contributed by atoms with Crippen LogP contribution >= 0.6 is 0 Å². The molecule has 0 saturated heterocycles. The van der Waals surface area contributed by atoms with Gasteiger partial charge in [0, 0.05) is 26.0 Å². The van der Waals surface area contributed by atoms with Gasteiger partial charge < -0.3 is 9.88 Å². The molecule has 1 aromatic carbocycles. The van der Waals surface area contributed by atoms with Gasteiger partial charge in [-0.3, -0.25) is 0 Å². The van der Waals surface area contributed by atoms with Crippen molar-refractivity contribution in [2.45, 2.75) is 26.4 Å². The van der Waals surface area contributed by atoms with Crippen molar-refractivity contribution < 1.29 is 0 Å². The highest BCUT2D eigenvalue weighted by molar-refractivity contribution is 5.26. The molecule has 0 spiro atoms. The molecule has 90 valence electrons. The molecule has 0 bridgehead atoms. The molecule has 1 N–H and O–H groups in total. The molecule has 0 unspecified atom stereocenters. The number of imidazole rings is 1. The number of rotatable bonds is 5. The van der Waals surface area contributed by atoms with Crippen LogP contribution in [0.25, 0.3) is 0 Å². The summed E-state index contributed by atoms with van der Waals surface area (Å²) in [6, 6.07) is 8.57. The topological polar surface area (TPSA) is 29.9 Å². The maximum Gasteiger partial charge on any atom is 0.122 e. The van der Waals surface area contributed by atoms with E-state index in [0.717, 1.165) is 25.3 Å². The number of aromatic nitrogens is 2. The number of nitrogens with one attached hydrogen (secondary N) is 1. The van der Waals surface area contributed by atoms with Crippen molar-refractivity contribution in [2.24, 2.45) is 7.05 Å². The van der Waals surface area contributed by atoms with Crippen LogP contribution in [0.15, 0.2) is 36.7 Å². The Morgan fingerprint density at radius 2 is 1.94 bits per heavy atom. The Kier molecular flexibility index (Phi) is 3.94. The minimum atomic E-state index is 0.807. The molecule has 3 heteroatoms. The third-order valence-corrected chi connectivity index (χ3v) is 3.02. The molecule has 1 aromatic heterocycles. The lowest BCUT2D eigenvalue weighted by molar-refractivity contribution is 0.636. The zero-order valence-electron chi connectivity index (χ0n) is 10.5. The summed E-state index contributed by atoms with van der Waals surface area (Å²) < 4.78 is 2.04. The number of nitrogens with zero attached hydrogens (tertiary/aromatic N) is 2. The monoisotopic (exact) mass is 229 g/mol. The number of hydrogen-bond acceptors (Lipinski definition) is 2. The first-order chi connectivity index (χ1) is 8.31. The summed E-state index contributed by atoms with van der Waals surface area (Å²) in [4.78, 5) is 4.29. The molecular formula is C14H19N3. The molecule has 0 aliphatic carbocycles. The molecule has 0 aliphatic heterocycles. The normalized spacial score (nSPS) is 10.7. The first kappa shape index (κ1) is 11.9. The van der Waals surface area contributed by atoms with E-state index in [0.29, 0.717) is 0 Å². The third-order valence-electron chi connectivity index (χ3n) is 3.02. The van der Waals surface area contributed by atoms with Crippen LogP contribution in [0.4, 0.5) is 0 Å². The van der Waals surface area contributed by atoms with Crippen molar-refractivity contribution in [1.82, 2.24) is 14.9 Å². The van der Waals surface area contributed by atoms with Crippen molar-refractivity contribution in [3.8, 4) is 0 Å². The van der Waals surface area contributed by atoms with Crippen molar-refractivity contribution in [1.29, 1.82) is 0 Å². The fraction of sp³-hybridized carbons (Fsp3) is 0.357. The van der Waals surface area contributed by atoms with Gasteiger partial charge in [-0.25, -0.2) is 4.98 Å². The Morgan fingerprint density at radius 3 is 2.59 bits per heavy atom. The first-order valence-electron chi connectivity index (χ1n) is 6.05. The van der Waals surface area contributed by atoms with Gasteiger partial charge in [0.15, 0.2) is 0 Å². The quantitative estimate of drug-likeness (QED) is 0.852. The van der Waals surface area contributed by atoms with E-state index < -0.39 is 0 Å². The fourth-order valence-corrected chi connectivity index (χ4v) is 1.95. The van der Waals surface area contributed by atoms with Gasteiger partial charge in [0.05, 0.1) is 6.54 Å². The van der Waals surface area contributed by atoms with Gasteiger partial charge in [-0.05, 0) is 17.5 Å². The summed E-state index contributed by atoms with van der Waals surface area (Å²) in [5.74, 6) is 1.07. The van der Waals surface area contributed by atoms with Gasteiger partial charge in [-0.2, -0.15) is 0 Å². The van der Waals surface area contributed by atoms with E-state index in [-0.39, 0.29) is 0 Å². The molecule has 0 aliphatic rings. The molecule has 0 fully saturated rings.